The quantitative estimate of drug-likeness (QED) is 0.785. The van der Waals surface area contributed by atoms with E-state index in [9.17, 15) is 13.2 Å². The number of alkyl halides is 3. The second-order valence-corrected chi connectivity index (χ2v) is 4.53. The van der Waals surface area contributed by atoms with Crippen LogP contribution in [0.2, 0.25) is 0 Å². The van der Waals surface area contributed by atoms with E-state index < -0.39 is 18.1 Å². The van der Waals surface area contributed by atoms with Crippen molar-refractivity contribution in [3.05, 3.63) is 0 Å². The molecular weight excluding hydrogens is 219 g/mol. The molecule has 2 N–H and O–H groups in total. The standard InChI is InChI=1S/C10H16F3N3/c1-16(5-4-10(11,12)13)7-9(15,6-14)8-2-3-8/h8H,2-5,7,15H2,1H3. The van der Waals surface area contributed by atoms with Gasteiger partial charge in [0.05, 0.1) is 12.5 Å². The Balaban J connectivity index is 2.38. The zero-order valence-electron chi connectivity index (χ0n) is 9.22. The van der Waals surface area contributed by atoms with E-state index in [1.807, 2.05) is 6.07 Å². The number of likely N-dealkylation sites (N-methyl/N-ethyl adjacent to an activating group) is 1. The van der Waals surface area contributed by atoms with E-state index in [4.69, 9.17) is 11.0 Å². The minimum atomic E-state index is -4.16. The number of halogens is 3. The molecule has 0 aromatic heterocycles. The second-order valence-electron chi connectivity index (χ2n) is 4.53. The maximum atomic E-state index is 12.0. The average molecular weight is 235 g/mol. The molecule has 0 aliphatic heterocycles. The lowest BCUT2D eigenvalue weighted by Gasteiger charge is -2.27. The second kappa shape index (κ2) is 4.60. The van der Waals surface area contributed by atoms with Crippen LogP contribution in [0.4, 0.5) is 13.2 Å². The fraction of sp³-hybridized carbons (Fsp3) is 0.900. The first-order valence-electron chi connectivity index (χ1n) is 5.22. The van der Waals surface area contributed by atoms with Crippen molar-refractivity contribution < 1.29 is 13.2 Å². The molecule has 1 atom stereocenters. The molecule has 1 fully saturated rings. The molecular formula is C10H16F3N3. The molecule has 0 aromatic rings. The van der Waals surface area contributed by atoms with Gasteiger partial charge in [-0.05, 0) is 25.8 Å². The van der Waals surface area contributed by atoms with Gasteiger partial charge in [0, 0.05) is 13.1 Å². The van der Waals surface area contributed by atoms with Gasteiger partial charge in [0.15, 0.2) is 0 Å². The van der Waals surface area contributed by atoms with E-state index >= 15 is 0 Å². The predicted molar refractivity (Wildman–Crippen MR) is 53.4 cm³/mol. The van der Waals surface area contributed by atoms with Crippen LogP contribution in [0.25, 0.3) is 0 Å². The Hall–Kier alpha value is -0.800. The van der Waals surface area contributed by atoms with Crippen LogP contribution in [0.5, 0.6) is 0 Å². The van der Waals surface area contributed by atoms with Gasteiger partial charge in [0.2, 0.25) is 0 Å². The summed E-state index contributed by atoms with van der Waals surface area (Å²) in [7, 11) is 1.56. The van der Waals surface area contributed by atoms with Crippen molar-refractivity contribution in [1.29, 1.82) is 5.26 Å². The number of hydrogen-bond acceptors (Lipinski definition) is 3. The van der Waals surface area contributed by atoms with Crippen LogP contribution in [-0.2, 0) is 0 Å². The van der Waals surface area contributed by atoms with Crippen molar-refractivity contribution in [2.75, 3.05) is 20.1 Å². The van der Waals surface area contributed by atoms with Gasteiger partial charge < -0.3 is 10.6 Å². The normalized spacial score (nSPS) is 20.6. The van der Waals surface area contributed by atoms with Gasteiger partial charge >= 0.3 is 6.18 Å². The van der Waals surface area contributed by atoms with Crippen LogP contribution in [0.15, 0.2) is 0 Å². The largest absolute Gasteiger partial charge is 0.390 e. The summed E-state index contributed by atoms with van der Waals surface area (Å²) in [6, 6.07) is 2.02. The van der Waals surface area contributed by atoms with E-state index in [0.29, 0.717) is 0 Å². The molecule has 92 valence electrons. The summed E-state index contributed by atoms with van der Waals surface area (Å²) in [6.45, 7) is 0.0844. The van der Waals surface area contributed by atoms with E-state index in [1.165, 1.54) is 4.90 Å². The van der Waals surface area contributed by atoms with Crippen LogP contribution in [0.3, 0.4) is 0 Å². The van der Waals surface area contributed by atoms with E-state index in [-0.39, 0.29) is 19.0 Å². The molecule has 16 heavy (non-hydrogen) atoms. The summed E-state index contributed by atoms with van der Waals surface area (Å²) in [5, 5.41) is 8.95. The summed E-state index contributed by atoms with van der Waals surface area (Å²) in [5.74, 6) is 0.144. The minimum Gasteiger partial charge on any atom is -0.312 e. The van der Waals surface area contributed by atoms with Crippen molar-refractivity contribution in [1.82, 2.24) is 4.90 Å². The third-order valence-electron chi connectivity index (χ3n) is 2.82. The van der Waals surface area contributed by atoms with Crippen LogP contribution in [0, 0.1) is 17.2 Å². The van der Waals surface area contributed by atoms with Crippen molar-refractivity contribution in [3.63, 3.8) is 0 Å². The van der Waals surface area contributed by atoms with Crippen molar-refractivity contribution in [3.8, 4) is 6.07 Å². The molecule has 0 heterocycles. The molecule has 1 aliphatic rings. The van der Waals surface area contributed by atoms with Crippen molar-refractivity contribution in [2.45, 2.75) is 31.0 Å². The first-order valence-corrected chi connectivity index (χ1v) is 5.22. The zero-order chi connectivity index (χ0) is 12.4. The van der Waals surface area contributed by atoms with Crippen LogP contribution in [-0.4, -0.2) is 36.8 Å². The molecule has 0 spiro atoms. The Labute approximate surface area is 93.0 Å². The minimum absolute atomic E-state index is 0.114. The molecule has 1 saturated carbocycles. The lowest BCUT2D eigenvalue weighted by molar-refractivity contribution is -0.137. The zero-order valence-corrected chi connectivity index (χ0v) is 9.22. The van der Waals surface area contributed by atoms with Crippen LogP contribution < -0.4 is 5.73 Å². The first-order chi connectivity index (χ1) is 7.27. The van der Waals surface area contributed by atoms with Gasteiger partial charge in [-0.15, -0.1) is 0 Å². The van der Waals surface area contributed by atoms with Crippen molar-refractivity contribution in [2.24, 2.45) is 11.7 Å². The highest BCUT2D eigenvalue weighted by atomic mass is 19.4. The van der Waals surface area contributed by atoms with Gasteiger partial charge in [-0.3, -0.25) is 0 Å². The summed E-state index contributed by atoms with van der Waals surface area (Å²) in [5.41, 5.74) is 4.87. The Kier molecular flexibility index (Phi) is 3.81. The molecule has 1 aliphatic carbocycles. The van der Waals surface area contributed by atoms with Crippen LogP contribution >= 0.6 is 0 Å². The molecule has 0 aromatic carbocycles. The monoisotopic (exact) mass is 235 g/mol. The lowest BCUT2D eigenvalue weighted by Crippen LogP contribution is -2.50. The Morgan fingerprint density at radius 2 is 2.00 bits per heavy atom. The van der Waals surface area contributed by atoms with Crippen LogP contribution in [0.1, 0.15) is 19.3 Å². The Morgan fingerprint density at radius 1 is 1.44 bits per heavy atom. The highest BCUT2D eigenvalue weighted by molar-refractivity contribution is 5.14. The SMILES string of the molecule is CN(CCC(F)(F)F)CC(N)(C#N)C1CC1. The van der Waals surface area contributed by atoms with Gasteiger partial charge in [0.25, 0.3) is 0 Å². The summed E-state index contributed by atoms with van der Waals surface area (Å²) < 4.78 is 35.9. The summed E-state index contributed by atoms with van der Waals surface area (Å²) in [6.07, 6.45) is -3.22. The molecule has 0 saturated heterocycles. The molecule has 3 nitrogen and oxygen atoms in total. The molecule has 0 bridgehead atoms. The highest BCUT2D eigenvalue weighted by Gasteiger charge is 2.43. The molecule has 6 heteroatoms. The molecule has 1 unspecified atom stereocenters. The third-order valence-corrected chi connectivity index (χ3v) is 2.82. The number of rotatable bonds is 5. The molecule has 0 amide bonds. The maximum Gasteiger partial charge on any atom is 0.390 e. The van der Waals surface area contributed by atoms with Gasteiger partial charge in [-0.1, -0.05) is 0 Å². The molecule has 1 rings (SSSR count). The Morgan fingerprint density at radius 3 is 2.38 bits per heavy atom. The van der Waals surface area contributed by atoms with Crippen molar-refractivity contribution >= 4 is 0 Å². The lowest BCUT2D eigenvalue weighted by atomic mass is 9.96. The number of hydrogen-bond donors (Lipinski definition) is 1. The smallest absolute Gasteiger partial charge is 0.312 e. The van der Waals surface area contributed by atoms with E-state index in [2.05, 4.69) is 0 Å². The maximum absolute atomic E-state index is 12.0. The average Bonchev–Trinajstić information content (AvgIpc) is 2.96. The predicted octanol–water partition coefficient (Wildman–Crippen LogP) is 1.50. The van der Waals surface area contributed by atoms with E-state index in [1.54, 1.807) is 7.05 Å². The number of nitrogens with zero attached hydrogens (tertiary/aromatic N) is 2. The van der Waals surface area contributed by atoms with E-state index in [0.717, 1.165) is 12.8 Å². The summed E-state index contributed by atoms with van der Waals surface area (Å²) >= 11 is 0. The first kappa shape index (κ1) is 13.3. The third kappa shape index (κ3) is 3.99. The Bertz CT molecular complexity index is 280. The molecule has 0 radical (unpaired) electrons. The fourth-order valence-electron chi connectivity index (χ4n) is 1.70. The number of nitrogens with two attached hydrogens (primary N) is 1. The fourth-order valence-corrected chi connectivity index (χ4v) is 1.70. The highest BCUT2D eigenvalue weighted by Crippen LogP contribution is 2.38. The topological polar surface area (TPSA) is 53.0 Å². The summed E-state index contributed by atoms with van der Waals surface area (Å²) in [4.78, 5) is 1.48. The number of nitriles is 1. The van der Waals surface area contributed by atoms with Gasteiger partial charge in [-0.25, -0.2) is 0 Å². The van der Waals surface area contributed by atoms with Gasteiger partial charge in [-0.2, -0.15) is 18.4 Å². The van der Waals surface area contributed by atoms with Gasteiger partial charge in [0.1, 0.15) is 5.54 Å².